The summed E-state index contributed by atoms with van der Waals surface area (Å²) in [6.45, 7) is 1.08. The van der Waals surface area contributed by atoms with Crippen LogP contribution in [0.5, 0.6) is 0 Å². The van der Waals surface area contributed by atoms with Gasteiger partial charge >= 0.3 is 17.1 Å². The number of hydrogen-bond donors (Lipinski definition) is 1. The van der Waals surface area contributed by atoms with Crippen LogP contribution in [0.25, 0.3) is 0 Å². The molecular formula is C2H4MnO3. The van der Waals surface area contributed by atoms with E-state index in [1.807, 2.05) is 0 Å². The van der Waals surface area contributed by atoms with E-state index in [9.17, 15) is 0 Å². The van der Waals surface area contributed by atoms with Crippen LogP contribution < -0.4 is 0 Å². The monoisotopic (exact) mass is 131 g/mol. The Hall–Kier alpha value is -0.0505. The first-order valence-corrected chi connectivity index (χ1v) is 0.928. The van der Waals surface area contributed by atoms with Crippen molar-refractivity contribution in [1.82, 2.24) is 0 Å². The van der Waals surface area contributed by atoms with E-state index >= 15 is 0 Å². The van der Waals surface area contributed by atoms with E-state index in [0.717, 1.165) is 6.92 Å². The fraction of sp³-hybridized carbons (Fsp3) is 0.500. The van der Waals surface area contributed by atoms with Gasteiger partial charge in [-0.3, -0.25) is 4.79 Å². The molecule has 0 unspecified atom stereocenters. The van der Waals surface area contributed by atoms with Crippen LogP contribution >= 0.6 is 0 Å². The van der Waals surface area contributed by atoms with Crippen molar-refractivity contribution in [3.05, 3.63) is 0 Å². The molecule has 1 N–H and O–H groups in total. The van der Waals surface area contributed by atoms with E-state index < -0.39 is 5.97 Å². The average molecular weight is 131 g/mol. The zero-order valence-electron chi connectivity index (χ0n) is 3.14. The first-order chi connectivity index (χ1) is 1.73. The molecule has 0 aromatic carbocycles. The second-order valence-corrected chi connectivity index (χ2v) is 0.519. The van der Waals surface area contributed by atoms with Crippen LogP contribution in [0.4, 0.5) is 0 Å². The summed E-state index contributed by atoms with van der Waals surface area (Å²) in [7, 11) is 0. The Morgan fingerprint density at radius 1 is 1.67 bits per heavy atom. The second-order valence-electron chi connectivity index (χ2n) is 0.519. The van der Waals surface area contributed by atoms with Crippen molar-refractivity contribution in [2.24, 2.45) is 0 Å². The number of carbonyl (C=O) groups is 1. The van der Waals surface area contributed by atoms with Crippen molar-refractivity contribution < 1.29 is 32.4 Å². The predicted octanol–water partition coefficient (Wildman–Crippen LogP) is -0.0304. The summed E-state index contributed by atoms with van der Waals surface area (Å²) < 4.78 is 0. The molecule has 0 heterocycles. The summed E-state index contributed by atoms with van der Waals surface area (Å²) in [5.41, 5.74) is 0. The van der Waals surface area contributed by atoms with Gasteiger partial charge in [0.15, 0.2) is 0 Å². The topological polar surface area (TPSA) is 65.8 Å². The van der Waals surface area contributed by atoms with E-state index in [1.165, 1.54) is 0 Å². The first kappa shape index (κ1) is 16.8. The summed E-state index contributed by atoms with van der Waals surface area (Å²) in [6, 6.07) is 0. The van der Waals surface area contributed by atoms with Gasteiger partial charge in [-0.2, -0.15) is 0 Å². The van der Waals surface area contributed by atoms with E-state index in [0.29, 0.717) is 0 Å². The van der Waals surface area contributed by atoms with E-state index in [2.05, 4.69) is 0 Å². The van der Waals surface area contributed by atoms with Crippen LogP contribution in [0.1, 0.15) is 6.92 Å². The Morgan fingerprint density at radius 3 is 1.67 bits per heavy atom. The third-order valence-corrected chi connectivity index (χ3v) is 0. The van der Waals surface area contributed by atoms with Crippen molar-refractivity contribution >= 4 is 5.97 Å². The molecular weight excluding hydrogens is 127 g/mol. The van der Waals surface area contributed by atoms with Crippen molar-refractivity contribution in [2.45, 2.75) is 6.92 Å². The molecule has 0 rings (SSSR count). The van der Waals surface area contributed by atoms with Crippen molar-refractivity contribution in [2.75, 3.05) is 0 Å². The van der Waals surface area contributed by atoms with Gasteiger partial charge < -0.3 is 10.6 Å². The molecule has 0 aliphatic rings. The van der Waals surface area contributed by atoms with Crippen molar-refractivity contribution in [1.29, 1.82) is 0 Å². The maximum absolute atomic E-state index is 9.00. The molecule has 0 saturated carbocycles. The van der Waals surface area contributed by atoms with Crippen LogP contribution in [0.3, 0.4) is 0 Å². The minimum Gasteiger partial charge on any atom is -2.00 e. The zero-order chi connectivity index (χ0) is 3.58. The second kappa shape index (κ2) is 8.87. The Kier molecular flexibility index (Phi) is 24.8. The predicted molar refractivity (Wildman–Crippen MR) is 14.0 cm³/mol. The van der Waals surface area contributed by atoms with Crippen LogP contribution in [0.15, 0.2) is 0 Å². The molecule has 37 valence electrons. The molecule has 0 fully saturated rings. The minimum atomic E-state index is -0.833. The van der Waals surface area contributed by atoms with Gasteiger partial charge in [-0.25, -0.2) is 0 Å². The van der Waals surface area contributed by atoms with Crippen molar-refractivity contribution in [3.8, 4) is 0 Å². The quantitative estimate of drug-likeness (QED) is 0.469. The molecule has 0 atom stereocenters. The normalized spacial score (nSPS) is 4.17. The zero-order valence-corrected chi connectivity index (χ0v) is 4.32. The molecule has 6 heavy (non-hydrogen) atoms. The number of carboxylic acid groups (broad SMARTS) is 1. The summed E-state index contributed by atoms with van der Waals surface area (Å²) in [5.74, 6) is -0.833. The van der Waals surface area contributed by atoms with Gasteiger partial charge in [0.25, 0.3) is 5.97 Å². The van der Waals surface area contributed by atoms with Gasteiger partial charge in [0, 0.05) is 6.92 Å². The molecule has 0 spiro atoms. The van der Waals surface area contributed by atoms with Gasteiger partial charge in [0.05, 0.1) is 0 Å². The average Bonchev–Trinajstić information content (AvgIpc) is 0.811. The maximum atomic E-state index is 9.00. The Morgan fingerprint density at radius 2 is 1.67 bits per heavy atom. The van der Waals surface area contributed by atoms with E-state index in [-0.39, 0.29) is 22.5 Å². The Balaban J connectivity index is -0.0000000450. The standard InChI is InChI=1S/C2H4O2.Mn.O/c1-2(3)4;;/h1H3,(H,3,4);;/q;+2;-2. The van der Waals surface area contributed by atoms with Crippen LogP contribution in [0.2, 0.25) is 0 Å². The van der Waals surface area contributed by atoms with E-state index in [4.69, 9.17) is 9.90 Å². The minimum absolute atomic E-state index is 0. The molecule has 3 nitrogen and oxygen atoms in total. The van der Waals surface area contributed by atoms with Crippen LogP contribution in [-0.4, -0.2) is 11.1 Å². The number of hydrogen-bond acceptors (Lipinski definition) is 1. The summed E-state index contributed by atoms with van der Waals surface area (Å²) in [5, 5.41) is 7.42. The fourth-order valence-electron chi connectivity index (χ4n) is 0. The molecule has 1 radical (unpaired) electrons. The molecule has 0 saturated heterocycles. The SMILES string of the molecule is CC(=O)O.[Mn+2].[O-2]. The third kappa shape index (κ3) is 13500. The number of aliphatic carboxylic acids is 1. The molecule has 0 aliphatic carbocycles. The summed E-state index contributed by atoms with van der Waals surface area (Å²) in [6.07, 6.45) is 0. The Labute approximate surface area is 46.1 Å². The maximum Gasteiger partial charge on any atom is 2.00 e. The molecule has 0 bridgehead atoms. The molecule has 0 aromatic rings. The third-order valence-electron chi connectivity index (χ3n) is 0. The van der Waals surface area contributed by atoms with Crippen molar-refractivity contribution in [3.63, 3.8) is 0 Å². The Bertz CT molecular complexity index is 31.8. The molecule has 0 amide bonds. The van der Waals surface area contributed by atoms with Gasteiger partial charge in [0.1, 0.15) is 0 Å². The van der Waals surface area contributed by atoms with E-state index in [1.54, 1.807) is 0 Å². The number of carboxylic acids is 1. The van der Waals surface area contributed by atoms with Gasteiger partial charge in [0.2, 0.25) is 0 Å². The smallest absolute Gasteiger partial charge is 2.00 e. The molecule has 4 heteroatoms. The molecule has 0 aliphatic heterocycles. The van der Waals surface area contributed by atoms with Gasteiger partial charge in [-0.15, -0.1) is 0 Å². The van der Waals surface area contributed by atoms with Gasteiger partial charge in [-0.05, 0) is 0 Å². The van der Waals surface area contributed by atoms with Crippen LogP contribution in [-0.2, 0) is 27.3 Å². The van der Waals surface area contributed by atoms with Crippen LogP contribution in [0, 0.1) is 0 Å². The van der Waals surface area contributed by atoms with Gasteiger partial charge in [-0.1, -0.05) is 0 Å². The fourth-order valence-corrected chi connectivity index (χ4v) is 0. The largest absolute Gasteiger partial charge is 2.00 e. The first-order valence-electron chi connectivity index (χ1n) is 0.928. The summed E-state index contributed by atoms with van der Waals surface area (Å²) in [4.78, 5) is 9.00. The number of rotatable bonds is 0. The molecule has 0 aromatic heterocycles. The summed E-state index contributed by atoms with van der Waals surface area (Å²) >= 11 is 0.